The van der Waals surface area contributed by atoms with Gasteiger partial charge in [0.15, 0.2) is 5.75 Å². The van der Waals surface area contributed by atoms with Crippen molar-refractivity contribution in [1.82, 2.24) is 19.9 Å². The molecule has 0 spiro atoms. The fraction of sp³-hybridized carbons (Fsp3) is 0.438. The van der Waals surface area contributed by atoms with Gasteiger partial charge < -0.3 is 14.4 Å². The van der Waals surface area contributed by atoms with Crippen molar-refractivity contribution in [2.45, 2.75) is 25.2 Å². The van der Waals surface area contributed by atoms with Gasteiger partial charge in [0.1, 0.15) is 0 Å². The second kappa shape index (κ2) is 6.48. The number of piperidine rings is 1. The minimum atomic E-state index is -0.128. The first-order chi connectivity index (χ1) is 12.1. The molecule has 1 amide bonds. The molecule has 3 heterocycles. The maximum Gasteiger partial charge on any atom is 0.254 e. The number of ether oxygens (including phenoxy) is 2. The number of carbonyl (C=O) groups is 1. The Morgan fingerprint density at radius 2 is 2.12 bits per heavy atom. The van der Waals surface area contributed by atoms with Crippen LogP contribution in [0.5, 0.6) is 5.75 Å². The predicted molar refractivity (Wildman–Crippen MR) is 91.2 cm³/mol. The van der Waals surface area contributed by atoms with Crippen LogP contribution in [0.4, 0.5) is 0 Å². The van der Waals surface area contributed by atoms with Crippen LogP contribution >= 0.6 is 23.2 Å². The smallest absolute Gasteiger partial charge is 0.254 e. The minimum absolute atomic E-state index is 0.0341. The van der Waals surface area contributed by atoms with E-state index in [1.54, 1.807) is 23.2 Å². The Morgan fingerprint density at radius 1 is 1.36 bits per heavy atom. The van der Waals surface area contributed by atoms with Crippen LogP contribution in [0.15, 0.2) is 18.3 Å². The largest absolute Gasteiger partial charge is 0.494 e. The van der Waals surface area contributed by atoms with Gasteiger partial charge in [0.05, 0.1) is 47.8 Å². The Morgan fingerprint density at radius 3 is 2.84 bits per heavy atom. The molecular formula is C16H16Cl2N4O3. The molecule has 2 aliphatic rings. The van der Waals surface area contributed by atoms with Gasteiger partial charge in [0, 0.05) is 18.7 Å². The van der Waals surface area contributed by atoms with Crippen LogP contribution in [0.25, 0.3) is 0 Å². The first-order valence-corrected chi connectivity index (χ1v) is 8.67. The molecule has 0 saturated carbocycles. The zero-order valence-electron chi connectivity index (χ0n) is 13.5. The highest BCUT2D eigenvalue weighted by Crippen LogP contribution is 2.35. The van der Waals surface area contributed by atoms with Crippen molar-refractivity contribution in [3.05, 3.63) is 39.6 Å². The molecular weight excluding hydrogens is 367 g/mol. The number of hydrogen-bond acceptors (Lipinski definition) is 5. The predicted octanol–water partition coefficient (Wildman–Crippen LogP) is 2.58. The summed E-state index contributed by atoms with van der Waals surface area (Å²) in [6.07, 6.45) is 2.48. The quantitative estimate of drug-likeness (QED) is 0.798. The topological polar surface area (TPSA) is 69.5 Å². The van der Waals surface area contributed by atoms with Crippen molar-refractivity contribution in [2.24, 2.45) is 0 Å². The Labute approximate surface area is 154 Å². The lowest BCUT2D eigenvalue weighted by Gasteiger charge is -2.41. The molecule has 132 valence electrons. The molecule has 9 heteroatoms. The lowest BCUT2D eigenvalue weighted by atomic mass is 9.99. The molecule has 2 aromatic rings. The summed E-state index contributed by atoms with van der Waals surface area (Å²) in [5.41, 5.74) is 1.36. The van der Waals surface area contributed by atoms with E-state index in [4.69, 9.17) is 32.7 Å². The molecule has 1 aromatic heterocycles. The Kier molecular flexibility index (Phi) is 4.31. The van der Waals surface area contributed by atoms with Crippen LogP contribution in [0.2, 0.25) is 10.0 Å². The third-order valence-corrected chi connectivity index (χ3v) is 5.23. The van der Waals surface area contributed by atoms with Gasteiger partial charge in [-0.2, -0.15) is 0 Å². The lowest BCUT2D eigenvalue weighted by Crippen LogP contribution is -2.49. The zero-order valence-corrected chi connectivity index (χ0v) is 15.0. The van der Waals surface area contributed by atoms with E-state index in [0.29, 0.717) is 41.1 Å². The van der Waals surface area contributed by atoms with E-state index in [2.05, 4.69) is 10.3 Å². The van der Waals surface area contributed by atoms with Crippen LogP contribution in [-0.2, 0) is 11.3 Å². The van der Waals surface area contributed by atoms with Gasteiger partial charge in [-0.1, -0.05) is 28.4 Å². The number of rotatable bonds is 2. The third-order valence-electron chi connectivity index (χ3n) is 4.67. The normalized spacial score (nSPS) is 22.3. The summed E-state index contributed by atoms with van der Waals surface area (Å²) in [7, 11) is 1.48. The monoisotopic (exact) mass is 382 g/mol. The number of fused-ring (bicyclic) bond motifs is 3. The van der Waals surface area contributed by atoms with E-state index in [-0.39, 0.29) is 18.1 Å². The molecule has 2 aliphatic heterocycles. The van der Waals surface area contributed by atoms with Crippen molar-refractivity contribution >= 4 is 29.1 Å². The summed E-state index contributed by atoms with van der Waals surface area (Å²) in [5.74, 6) is 0.240. The molecule has 0 unspecified atom stereocenters. The standard InChI is InChI=1S/C16H16Cl2N4O3/c1-24-15-11(17)4-9(5-12(15)18)16(23)21-3-2-14-13(7-21)22-10(8-25-14)6-19-20-22/h4-6,13-14H,2-3,7-8H2,1H3/t13-,14+/m0/s1. The molecule has 7 nitrogen and oxygen atoms in total. The van der Waals surface area contributed by atoms with E-state index in [1.165, 1.54) is 7.11 Å². The average Bonchev–Trinajstić information content (AvgIpc) is 3.09. The second-order valence-electron chi connectivity index (χ2n) is 6.10. The van der Waals surface area contributed by atoms with Gasteiger partial charge in [-0.3, -0.25) is 4.79 Å². The Hall–Kier alpha value is -1.83. The second-order valence-corrected chi connectivity index (χ2v) is 6.91. The highest BCUT2D eigenvalue weighted by Gasteiger charge is 2.38. The van der Waals surface area contributed by atoms with Crippen molar-refractivity contribution < 1.29 is 14.3 Å². The fourth-order valence-corrected chi connectivity index (χ4v) is 4.07. The molecule has 1 fully saturated rings. The number of benzene rings is 1. The van der Waals surface area contributed by atoms with Gasteiger partial charge in [0.2, 0.25) is 0 Å². The van der Waals surface area contributed by atoms with Crippen LogP contribution in [0.1, 0.15) is 28.5 Å². The summed E-state index contributed by atoms with van der Waals surface area (Å²) in [5, 5.41) is 8.72. The fourth-order valence-electron chi connectivity index (χ4n) is 3.42. The number of amides is 1. The molecule has 4 rings (SSSR count). The van der Waals surface area contributed by atoms with Gasteiger partial charge in [-0.15, -0.1) is 5.10 Å². The molecule has 0 bridgehead atoms. The number of hydrogen-bond donors (Lipinski definition) is 0. The number of nitrogens with zero attached hydrogens (tertiary/aromatic N) is 4. The molecule has 25 heavy (non-hydrogen) atoms. The van der Waals surface area contributed by atoms with Crippen molar-refractivity contribution in [1.29, 1.82) is 0 Å². The zero-order chi connectivity index (χ0) is 17.6. The summed E-state index contributed by atoms with van der Waals surface area (Å²) in [6, 6.07) is 3.13. The van der Waals surface area contributed by atoms with Crippen LogP contribution < -0.4 is 4.74 Å². The number of likely N-dealkylation sites (tertiary alicyclic amines) is 1. The first kappa shape index (κ1) is 16.6. The summed E-state index contributed by atoms with van der Waals surface area (Å²) < 4.78 is 12.9. The maximum absolute atomic E-state index is 12.9. The minimum Gasteiger partial charge on any atom is -0.494 e. The van der Waals surface area contributed by atoms with Gasteiger partial charge in [-0.25, -0.2) is 4.68 Å². The van der Waals surface area contributed by atoms with Gasteiger partial charge in [-0.05, 0) is 18.6 Å². The van der Waals surface area contributed by atoms with E-state index in [1.807, 2.05) is 4.68 Å². The van der Waals surface area contributed by atoms with Crippen molar-refractivity contribution in [2.75, 3.05) is 20.2 Å². The number of methoxy groups -OCH3 is 1. The van der Waals surface area contributed by atoms with E-state index in [9.17, 15) is 4.79 Å². The first-order valence-electron chi connectivity index (χ1n) is 7.91. The molecule has 2 atom stereocenters. The molecule has 0 aliphatic carbocycles. The van der Waals surface area contributed by atoms with Gasteiger partial charge in [0.25, 0.3) is 5.91 Å². The molecule has 1 saturated heterocycles. The van der Waals surface area contributed by atoms with Crippen LogP contribution in [0.3, 0.4) is 0 Å². The van der Waals surface area contributed by atoms with Crippen molar-refractivity contribution in [3.63, 3.8) is 0 Å². The van der Waals surface area contributed by atoms with E-state index >= 15 is 0 Å². The molecule has 0 N–H and O–H groups in total. The SMILES string of the molecule is COc1c(Cl)cc(C(=O)N2CC[C@H]3OCc4cnnn4[C@H]3C2)cc1Cl. The number of halogens is 2. The Balaban J connectivity index is 1.58. The third kappa shape index (κ3) is 2.86. The lowest BCUT2D eigenvalue weighted by molar-refractivity contribution is -0.0605. The van der Waals surface area contributed by atoms with E-state index in [0.717, 1.165) is 12.1 Å². The summed E-state index contributed by atoms with van der Waals surface area (Å²) in [4.78, 5) is 14.7. The number of carbonyl (C=O) groups excluding carboxylic acids is 1. The van der Waals surface area contributed by atoms with Crippen LogP contribution in [0, 0.1) is 0 Å². The highest BCUT2D eigenvalue weighted by molar-refractivity contribution is 6.37. The van der Waals surface area contributed by atoms with Crippen LogP contribution in [-0.4, -0.2) is 52.1 Å². The summed E-state index contributed by atoms with van der Waals surface area (Å²) >= 11 is 12.3. The van der Waals surface area contributed by atoms with Gasteiger partial charge >= 0.3 is 0 Å². The number of aromatic nitrogens is 3. The van der Waals surface area contributed by atoms with E-state index < -0.39 is 0 Å². The molecule has 0 radical (unpaired) electrons. The van der Waals surface area contributed by atoms with Crippen molar-refractivity contribution in [3.8, 4) is 5.75 Å². The molecule has 1 aromatic carbocycles. The average molecular weight is 383 g/mol. The summed E-state index contributed by atoms with van der Waals surface area (Å²) in [6.45, 7) is 1.61. The maximum atomic E-state index is 12.9. The highest BCUT2D eigenvalue weighted by atomic mass is 35.5. The Bertz CT molecular complexity index is 802.